The van der Waals surface area contributed by atoms with Gasteiger partial charge >= 0.3 is 0 Å². The minimum absolute atomic E-state index is 0.140. The van der Waals surface area contributed by atoms with Crippen molar-refractivity contribution in [3.05, 3.63) is 81.6 Å². The Kier molecular flexibility index (Phi) is 6.43. The molecule has 3 aromatic rings. The summed E-state index contributed by atoms with van der Waals surface area (Å²) in [4.78, 5) is 15.7. The lowest BCUT2D eigenvalue weighted by Crippen LogP contribution is -2.35. The van der Waals surface area contributed by atoms with Crippen LogP contribution < -0.4 is 10.9 Å². The summed E-state index contributed by atoms with van der Waals surface area (Å²) in [7, 11) is 1.89. The molecule has 152 valence electrons. The highest BCUT2D eigenvalue weighted by Gasteiger charge is 2.13. The van der Waals surface area contributed by atoms with E-state index in [9.17, 15) is 4.79 Å². The lowest BCUT2D eigenvalue weighted by Gasteiger charge is -2.27. The molecule has 1 N–H and O–H groups in total. The minimum atomic E-state index is 0.140. The van der Waals surface area contributed by atoms with E-state index in [0.29, 0.717) is 6.54 Å². The summed E-state index contributed by atoms with van der Waals surface area (Å²) in [6.07, 6.45) is 4.77. The third-order valence-corrected chi connectivity index (χ3v) is 5.94. The highest BCUT2D eigenvalue weighted by molar-refractivity contribution is 5.80. The molecule has 0 atom stereocenters. The number of nitrogens with zero attached hydrogens (tertiary/aromatic N) is 2. The molecule has 1 aromatic heterocycles. The highest BCUT2D eigenvalue weighted by Crippen LogP contribution is 2.19. The van der Waals surface area contributed by atoms with Crippen molar-refractivity contribution in [1.29, 1.82) is 0 Å². The lowest BCUT2D eigenvalue weighted by molar-refractivity contribution is 0.221. The third kappa shape index (κ3) is 4.77. The van der Waals surface area contributed by atoms with Gasteiger partial charge in [0.2, 0.25) is 0 Å². The van der Waals surface area contributed by atoms with E-state index in [0.717, 1.165) is 49.1 Å². The van der Waals surface area contributed by atoms with Crippen LogP contribution in [0.15, 0.2) is 59.4 Å². The normalized spacial score (nSPS) is 15.1. The lowest BCUT2D eigenvalue weighted by atomic mass is 10.0. The molecule has 4 heteroatoms. The van der Waals surface area contributed by atoms with Crippen LogP contribution in [0.3, 0.4) is 0 Å². The molecule has 0 aliphatic carbocycles. The molecule has 0 radical (unpaired) electrons. The summed E-state index contributed by atoms with van der Waals surface area (Å²) < 4.78 is 2.01. The van der Waals surface area contributed by atoms with Gasteiger partial charge in [-0.3, -0.25) is 4.79 Å². The summed E-state index contributed by atoms with van der Waals surface area (Å²) in [6.45, 7) is 4.61. The number of likely N-dealkylation sites (tertiary alicyclic amines) is 1. The maximum atomic E-state index is 13.2. The van der Waals surface area contributed by atoms with E-state index < -0.39 is 0 Å². The second-order valence-electron chi connectivity index (χ2n) is 8.11. The van der Waals surface area contributed by atoms with Gasteiger partial charge in [-0.05, 0) is 68.0 Å². The Hall–Kier alpha value is -2.43. The number of hydrogen-bond donors (Lipinski definition) is 1. The zero-order chi connectivity index (χ0) is 20.1. The van der Waals surface area contributed by atoms with Gasteiger partial charge in [0.15, 0.2) is 0 Å². The molecule has 1 saturated heterocycles. The summed E-state index contributed by atoms with van der Waals surface area (Å²) in [5.41, 5.74) is 4.58. The molecule has 1 aliphatic heterocycles. The number of benzene rings is 2. The van der Waals surface area contributed by atoms with Crippen LogP contribution in [0.2, 0.25) is 0 Å². The van der Waals surface area contributed by atoms with Crippen LogP contribution in [0.25, 0.3) is 10.9 Å². The average Bonchev–Trinajstić information content (AvgIpc) is 2.76. The Morgan fingerprint density at radius 2 is 1.69 bits per heavy atom. The molecule has 2 aromatic carbocycles. The van der Waals surface area contributed by atoms with E-state index in [1.165, 1.54) is 30.4 Å². The molecule has 4 nitrogen and oxygen atoms in total. The zero-order valence-electron chi connectivity index (χ0n) is 17.4. The molecule has 0 bridgehead atoms. The van der Waals surface area contributed by atoms with Gasteiger partial charge in [-0.25, -0.2) is 0 Å². The minimum Gasteiger partial charge on any atom is -0.315 e. The molecule has 0 amide bonds. The fourth-order valence-electron chi connectivity index (χ4n) is 4.38. The first-order valence-corrected chi connectivity index (χ1v) is 10.8. The van der Waals surface area contributed by atoms with Crippen LogP contribution in [0.5, 0.6) is 0 Å². The first-order chi connectivity index (χ1) is 14.2. The number of fused-ring (bicyclic) bond motifs is 1. The van der Waals surface area contributed by atoms with Crippen molar-refractivity contribution in [1.82, 2.24) is 14.8 Å². The molecular formula is C25H31N3O. The van der Waals surface area contributed by atoms with Gasteiger partial charge in [-0.1, -0.05) is 48.9 Å². The number of pyridine rings is 1. The van der Waals surface area contributed by atoms with Crippen molar-refractivity contribution in [2.75, 3.05) is 26.7 Å². The van der Waals surface area contributed by atoms with Crippen molar-refractivity contribution in [2.45, 2.75) is 38.8 Å². The number of aromatic nitrogens is 1. The van der Waals surface area contributed by atoms with Crippen LogP contribution in [-0.4, -0.2) is 36.1 Å². The molecule has 4 rings (SSSR count). The fourth-order valence-corrected chi connectivity index (χ4v) is 4.38. The maximum Gasteiger partial charge on any atom is 0.255 e. The summed E-state index contributed by atoms with van der Waals surface area (Å²) in [5.74, 6) is 0. The van der Waals surface area contributed by atoms with E-state index in [-0.39, 0.29) is 5.56 Å². The van der Waals surface area contributed by atoms with Crippen LogP contribution >= 0.6 is 0 Å². The molecule has 0 spiro atoms. The van der Waals surface area contributed by atoms with Gasteiger partial charge in [-0.2, -0.15) is 0 Å². The summed E-state index contributed by atoms with van der Waals surface area (Å²) in [5, 5.41) is 4.29. The Morgan fingerprint density at radius 3 is 2.45 bits per heavy atom. The van der Waals surface area contributed by atoms with E-state index in [2.05, 4.69) is 58.7 Å². The Morgan fingerprint density at radius 1 is 0.897 bits per heavy atom. The topological polar surface area (TPSA) is 37.3 Å². The first-order valence-electron chi connectivity index (χ1n) is 10.8. The predicted molar refractivity (Wildman–Crippen MR) is 121 cm³/mol. The molecule has 0 unspecified atom stereocenters. The standard InChI is InChI=1S/C25H31N3O/c1-26-19-23-18-22-11-10-21(16-20-8-4-2-5-9-20)17-24(22)28(25(23)29)15-14-27-12-6-3-7-13-27/h2,4-5,8-11,17-18,26H,3,6-7,12-16,19H2,1H3. The van der Waals surface area contributed by atoms with Gasteiger partial charge in [0.25, 0.3) is 5.56 Å². The van der Waals surface area contributed by atoms with Crippen molar-refractivity contribution in [3.8, 4) is 0 Å². The van der Waals surface area contributed by atoms with Crippen LogP contribution in [0.4, 0.5) is 0 Å². The Labute approximate surface area is 173 Å². The quantitative estimate of drug-likeness (QED) is 0.668. The largest absolute Gasteiger partial charge is 0.315 e. The monoisotopic (exact) mass is 389 g/mol. The summed E-state index contributed by atoms with van der Waals surface area (Å²) in [6, 6.07) is 19.1. The van der Waals surface area contributed by atoms with Crippen molar-refractivity contribution in [3.63, 3.8) is 0 Å². The van der Waals surface area contributed by atoms with Crippen molar-refractivity contribution in [2.24, 2.45) is 0 Å². The predicted octanol–water partition coefficient (Wildman–Crippen LogP) is 3.80. The van der Waals surface area contributed by atoms with Gasteiger partial charge < -0.3 is 14.8 Å². The van der Waals surface area contributed by atoms with Gasteiger partial charge in [0.1, 0.15) is 0 Å². The Bertz CT molecular complexity index is 1000. The van der Waals surface area contributed by atoms with Gasteiger partial charge in [0, 0.05) is 25.2 Å². The molecule has 2 heterocycles. The van der Waals surface area contributed by atoms with E-state index >= 15 is 0 Å². The van der Waals surface area contributed by atoms with E-state index in [1.54, 1.807) is 0 Å². The van der Waals surface area contributed by atoms with Crippen LogP contribution in [-0.2, 0) is 19.5 Å². The Balaban J connectivity index is 1.68. The van der Waals surface area contributed by atoms with Crippen LogP contribution in [0.1, 0.15) is 36.0 Å². The molecule has 29 heavy (non-hydrogen) atoms. The smallest absolute Gasteiger partial charge is 0.255 e. The first kappa shape index (κ1) is 19.9. The molecule has 1 aliphatic rings. The van der Waals surface area contributed by atoms with E-state index in [1.807, 2.05) is 17.7 Å². The van der Waals surface area contributed by atoms with Crippen LogP contribution in [0, 0.1) is 0 Å². The maximum absolute atomic E-state index is 13.2. The second-order valence-corrected chi connectivity index (χ2v) is 8.11. The summed E-state index contributed by atoms with van der Waals surface area (Å²) >= 11 is 0. The fraction of sp³-hybridized carbons (Fsp3) is 0.400. The van der Waals surface area contributed by atoms with Crippen molar-refractivity contribution >= 4 is 10.9 Å². The number of rotatable bonds is 7. The zero-order valence-corrected chi connectivity index (χ0v) is 17.4. The average molecular weight is 390 g/mol. The van der Waals surface area contributed by atoms with Crippen molar-refractivity contribution < 1.29 is 0 Å². The number of hydrogen-bond acceptors (Lipinski definition) is 3. The SMILES string of the molecule is CNCc1cc2ccc(Cc3ccccc3)cc2n(CCN2CCCCC2)c1=O. The van der Waals surface area contributed by atoms with Gasteiger partial charge in [-0.15, -0.1) is 0 Å². The highest BCUT2D eigenvalue weighted by atomic mass is 16.1. The second kappa shape index (κ2) is 9.38. The molecule has 0 saturated carbocycles. The number of piperidine rings is 1. The molecular weight excluding hydrogens is 358 g/mol. The molecule has 1 fully saturated rings. The van der Waals surface area contributed by atoms with Gasteiger partial charge in [0.05, 0.1) is 5.52 Å². The third-order valence-electron chi connectivity index (χ3n) is 5.94. The van der Waals surface area contributed by atoms with E-state index in [4.69, 9.17) is 0 Å². The number of nitrogens with one attached hydrogen (secondary N) is 1.